The molecule has 26 heavy (non-hydrogen) atoms. The highest BCUT2D eigenvalue weighted by Gasteiger charge is 2.27. The highest BCUT2D eigenvalue weighted by molar-refractivity contribution is 6.00. The fraction of sp³-hybridized carbons (Fsp3) is 0.389. The minimum absolute atomic E-state index is 0.00491. The van der Waals surface area contributed by atoms with E-state index in [2.05, 4.69) is 9.97 Å². The molecule has 0 saturated heterocycles. The Morgan fingerprint density at radius 1 is 1.19 bits per heavy atom. The monoisotopic (exact) mass is 368 g/mol. The SMILES string of the molecule is CC.CC(CN)N(CC(F)F)C(=O)c1cccc(F)c1-c1ncccn1. The fourth-order valence-electron chi connectivity index (χ4n) is 2.25. The minimum atomic E-state index is -2.73. The van der Waals surface area contributed by atoms with Gasteiger partial charge in [0.1, 0.15) is 5.82 Å². The smallest absolute Gasteiger partial charge is 0.255 e. The van der Waals surface area contributed by atoms with Crippen LogP contribution in [0.15, 0.2) is 36.7 Å². The first kappa shape index (κ1) is 21.6. The Morgan fingerprint density at radius 2 is 1.81 bits per heavy atom. The van der Waals surface area contributed by atoms with Gasteiger partial charge < -0.3 is 10.6 Å². The predicted octanol–water partition coefficient (Wildman–Crippen LogP) is 3.36. The van der Waals surface area contributed by atoms with E-state index < -0.39 is 30.7 Å². The summed E-state index contributed by atoms with van der Waals surface area (Å²) >= 11 is 0. The van der Waals surface area contributed by atoms with Crippen molar-refractivity contribution in [3.63, 3.8) is 0 Å². The molecule has 2 N–H and O–H groups in total. The van der Waals surface area contributed by atoms with Crippen LogP contribution in [0.3, 0.4) is 0 Å². The zero-order valence-corrected chi connectivity index (χ0v) is 15.0. The molecule has 0 bridgehead atoms. The molecule has 2 rings (SSSR count). The molecule has 0 aliphatic carbocycles. The third-order valence-electron chi connectivity index (χ3n) is 3.50. The Balaban J connectivity index is 0.00000163. The first-order chi connectivity index (χ1) is 12.5. The number of halogens is 3. The van der Waals surface area contributed by atoms with Crippen molar-refractivity contribution in [3.8, 4) is 11.4 Å². The van der Waals surface area contributed by atoms with E-state index in [1.807, 2.05) is 13.8 Å². The van der Waals surface area contributed by atoms with Crippen LogP contribution in [0.25, 0.3) is 11.4 Å². The number of alkyl halides is 2. The zero-order valence-electron chi connectivity index (χ0n) is 15.0. The van der Waals surface area contributed by atoms with E-state index in [9.17, 15) is 18.0 Å². The second-order valence-electron chi connectivity index (χ2n) is 5.17. The molecule has 1 amide bonds. The summed E-state index contributed by atoms with van der Waals surface area (Å²) in [7, 11) is 0. The molecule has 8 heteroatoms. The Hall–Kier alpha value is -2.48. The zero-order chi connectivity index (χ0) is 19.7. The summed E-state index contributed by atoms with van der Waals surface area (Å²) in [4.78, 5) is 21.6. The van der Waals surface area contributed by atoms with Crippen molar-refractivity contribution >= 4 is 5.91 Å². The second-order valence-corrected chi connectivity index (χ2v) is 5.17. The first-order valence-electron chi connectivity index (χ1n) is 8.30. The van der Waals surface area contributed by atoms with Gasteiger partial charge in [-0.25, -0.2) is 23.1 Å². The molecule has 0 aliphatic heterocycles. The third-order valence-corrected chi connectivity index (χ3v) is 3.50. The van der Waals surface area contributed by atoms with Crippen molar-refractivity contribution in [2.24, 2.45) is 5.73 Å². The van der Waals surface area contributed by atoms with Gasteiger partial charge >= 0.3 is 0 Å². The van der Waals surface area contributed by atoms with Gasteiger partial charge in [-0.05, 0) is 25.1 Å². The van der Waals surface area contributed by atoms with Crippen molar-refractivity contribution in [1.82, 2.24) is 14.9 Å². The lowest BCUT2D eigenvalue weighted by molar-refractivity contribution is 0.0465. The summed E-state index contributed by atoms with van der Waals surface area (Å²) in [5.74, 6) is -1.43. The molecule has 2 aromatic rings. The Morgan fingerprint density at radius 3 is 2.35 bits per heavy atom. The standard InChI is InChI=1S/C16H17F3N4O.C2H6/c1-10(8-20)23(9-13(18)19)16(24)11-4-2-5-12(17)14(11)15-21-6-3-7-22-15;1-2/h2-7,10,13H,8-9,20H2,1H3;1-2H3. The number of hydrogen-bond donors (Lipinski definition) is 1. The molecule has 1 atom stereocenters. The first-order valence-corrected chi connectivity index (χ1v) is 8.30. The fourth-order valence-corrected chi connectivity index (χ4v) is 2.25. The summed E-state index contributed by atoms with van der Waals surface area (Å²) in [6.45, 7) is 4.77. The highest BCUT2D eigenvalue weighted by Crippen LogP contribution is 2.25. The van der Waals surface area contributed by atoms with Gasteiger partial charge in [-0.3, -0.25) is 4.79 Å². The molecule has 142 valence electrons. The predicted molar refractivity (Wildman–Crippen MR) is 94.3 cm³/mol. The summed E-state index contributed by atoms with van der Waals surface area (Å²) in [5.41, 5.74) is 5.31. The molecule has 1 heterocycles. The van der Waals surface area contributed by atoms with E-state index in [-0.39, 0.29) is 23.5 Å². The number of aromatic nitrogens is 2. The number of nitrogens with two attached hydrogens (primary N) is 1. The van der Waals surface area contributed by atoms with Gasteiger partial charge in [-0.2, -0.15) is 0 Å². The largest absolute Gasteiger partial charge is 0.329 e. The minimum Gasteiger partial charge on any atom is -0.329 e. The number of carbonyl (C=O) groups excluding carboxylic acids is 1. The van der Waals surface area contributed by atoms with Crippen LogP contribution in [-0.4, -0.2) is 46.3 Å². The number of nitrogens with zero attached hydrogens (tertiary/aromatic N) is 3. The van der Waals surface area contributed by atoms with Crippen LogP contribution in [0.2, 0.25) is 0 Å². The Labute approximate surface area is 151 Å². The van der Waals surface area contributed by atoms with E-state index in [1.54, 1.807) is 13.0 Å². The van der Waals surface area contributed by atoms with E-state index >= 15 is 0 Å². The van der Waals surface area contributed by atoms with Crippen LogP contribution in [0, 0.1) is 5.82 Å². The highest BCUT2D eigenvalue weighted by atomic mass is 19.3. The van der Waals surface area contributed by atoms with E-state index in [1.165, 1.54) is 24.5 Å². The van der Waals surface area contributed by atoms with Gasteiger partial charge in [0, 0.05) is 25.0 Å². The molecular weight excluding hydrogens is 345 g/mol. The molecule has 0 radical (unpaired) electrons. The second kappa shape index (κ2) is 10.5. The lowest BCUT2D eigenvalue weighted by Gasteiger charge is -2.28. The molecule has 5 nitrogen and oxygen atoms in total. The maximum atomic E-state index is 14.3. The maximum Gasteiger partial charge on any atom is 0.255 e. The average Bonchev–Trinajstić information content (AvgIpc) is 2.67. The quantitative estimate of drug-likeness (QED) is 0.849. The van der Waals surface area contributed by atoms with Gasteiger partial charge in [0.05, 0.1) is 17.7 Å². The van der Waals surface area contributed by atoms with Gasteiger partial charge in [0.2, 0.25) is 0 Å². The summed E-state index contributed by atoms with van der Waals surface area (Å²) in [5, 5.41) is 0. The molecule has 0 aliphatic rings. The summed E-state index contributed by atoms with van der Waals surface area (Å²) in [6, 6.07) is 4.78. The number of hydrogen-bond acceptors (Lipinski definition) is 4. The van der Waals surface area contributed by atoms with Crippen LogP contribution in [0.4, 0.5) is 13.2 Å². The molecule has 0 saturated carbocycles. The molecule has 0 fully saturated rings. The summed E-state index contributed by atoms with van der Waals surface area (Å²) in [6.07, 6.45) is 0.0817. The van der Waals surface area contributed by atoms with Crippen LogP contribution in [0.5, 0.6) is 0 Å². The molecule has 1 aromatic carbocycles. The topological polar surface area (TPSA) is 72.1 Å². The van der Waals surface area contributed by atoms with Gasteiger partial charge in [-0.1, -0.05) is 19.9 Å². The van der Waals surface area contributed by atoms with Crippen LogP contribution in [0.1, 0.15) is 31.1 Å². The molecule has 1 unspecified atom stereocenters. The number of amides is 1. The van der Waals surface area contributed by atoms with Crippen LogP contribution < -0.4 is 5.73 Å². The number of rotatable bonds is 6. The third kappa shape index (κ3) is 5.26. The van der Waals surface area contributed by atoms with Crippen molar-refractivity contribution in [1.29, 1.82) is 0 Å². The Bertz CT molecular complexity index is 698. The van der Waals surface area contributed by atoms with Gasteiger partial charge in [-0.15, -0.1) is 0 Å². The van der Waals surface area contributed by atoms with Crippen molar-refractivity contribution in [3.05, 3.63) is 48.0 Å². The van der Waals surface area contributed by atoms with Gasteiger partial charge in [0.15, 0.2) is 5.82 Å². The molecule has 0 spiro atoms. The van der Waals surface area contributed by atoms with Crippen molar-refractivity contribution in [2.45, 2.75) is 33.2 Å². The number of benzene rings is 1. The van der Waals surface area contributed by atoms with E-state index in [0.717, 1.165) is 11.0 Å². The lowest BCUT2D eigenvalue weighted by atomic mass is 10.0. The van der Waals surface area contributed by atoms with E-state index in [4.69, 9.17) is 5.73 Å². The Kier molecular flexibility index (Phi) is 8.71. The molecular formula is C18H23F3N4O. The maximum absolute atomic E-state index is 14.3. The van der Waals surface area contributed by atoms with Crippen molar-refractivity contribution in [2.75, 3.05) is 13.1 Å². The average molecular weight is 368 g/mol. The van der Waals surface area contributed by atoms with Gasteiger partial charge in [0.25, 0.3) is 12.3 Å². The normalized spacial score (nSPS) is 11.5. The van der Waals surface area contributed by atoms with E-state index in [0.29, 0.717) is 0 Å². The van der Waals surface area contributed by atoms with Crippen LogP contribution >= 0.6 is 0 Å². The summed E-state index contributed by atoms with van der Waals surface area (Å²) < 4.78 is 39.9. The van der Waals surface area contributed by atoms with Crippen LogP contribution in [-0.2, 0) is 0 Å². The molecule has 1 aromatic heterocycles. The van der Waals surface area contributed by atoms with Crippen molar-refractivity contribution < 1.29 is 18.0 Å². The lowest BCUT2D eigenvalue weighted by Crippen LogP contribution is -2.45. The number of carbonyl (C=O) groups is 1.